The summed E-state index contributed by atoms with van der Waals surface area (Å²) in [4.78, 5) is 13.0. The molecule has 2 nitrogen and oxygen atoms in total. The molecular formula is C22H40BrO2P. The Morgan fingerprint density at radius 1 is 0.769 bits per heavy atom. The number of hydrogen-bond acceptors (Lipinski definition) is 2. The van der Waals surface area contributed by atoms with Gasteiger partial charge in [-0.05, 0) is 0 Å². The second kappa shape index (κ2) is 9.25. The SMILES string of the molecule is CCOC(=O)CP(Br)(C1CCCCC1)(C1CCCCC1)C1CCCCC1. The van der Waals surface area contributed by atoms with E-state index in [1.54, 1.807) is 0 Å². The molecule has 0 aliphatic heterocycles. The van der Waals surface area contributed by atoms with Crippen molar-refractivity contribution in [3.63, 3.8) is 0 Å². The molecule has 3 aliphatic rings. The summed E-state index contributed by atoms with van der Waals surface area (Å²) in [6.07, 6.45) is 21.3. The van der Waals surface area contributed by atoms with Gasteiger partial charge in [0.1, 0.15) is 0 Å². The molecule has 0 N–H and O–H groups in total. The number of halogens is 1. The van der Waals surface area contributed by atoms with Crippen molar-refractivity contribution in [1.82, 2.24) is 0 Å². The van der Waals surface area contributed by atoms with Gasteiger partial charge in [0.25, 0.3) is 0 Å². The van der Waals surface area contributed by atoms with E-state index >= 15 is 0 Å². The van der Waals surface area contributed by atoms with Crippen LogP contribution in [0, 0.1) is 0 Å². The molecule has 152 valence electrons. The monoisotopic (exact) mass is 446 g/mol. The Hall–Kier alpha value is 0.380. The third kappa shape index (κ3) is 4.05. The van der Waals surface area contributed by atoms with Crippen molar-refractivity contribution < 1.29 is 9.53 Å². The fraction of sp³-hybridized carbons (Fsp3) is 0.955. The summed E-state index contributed by atoms with van der Waals surface area (Å²) in [6.45, 7) is 2.49. The summed E-state index contributed by atoms with van der Waals surface area (Å²) in [6, 6.07) is 0. The van der Waals surface area contributed by atoms with Gasteiger partial charge in [-0.1, -0.05) is 0 Å². The van der Waals surface area contributed by atoms with E-state index < -0.39 is 5.31 Å². The van der Waals surface area contributed by atoms with Gasteiger partial charge in [-0.25, -0.2) is 0 Å². The molecule has 0 bridgehead atoms. The van der Waals surface area contributed by atoms with E-state index in [2.05, 4.69) is 15.5 Å². The van der Waals surface area contributed by atoms with E-state index in [1.807, 2.05) is 6.92 Å². The number of rotatable bonds is 6. The van der Waals surface area contributed by atoms with Gasteiger partial charge in [0.15, 0.2) is 0 Å². The molecule has 4 heteroatoms. The van der Waals surface area contributed by atoms with Crippen molar-refractivity contribution >= 4 is 26.8 Å². The molecule has 26 heavy (non-hydrogen) atoms. The molecule has 0 unspecified atom stereocenters. The van der Waals surface area contributed by atoms with E-state index in [4.69, 9.17) is 4.74 Å². The van der Waals surface area contributed by atoms with Crippen molar-refractivity contribution in [3.05, 3.63) is 0 Å². The molecule has 0 aromatic heterocycles. The quantitative estimate of drug-likeness (QED) is 0.313. The summed E-state index contributed by atoms with van der Waals surface area (Å²) >= 11 is 4.68. The van der Waals surface area contributed by atoms with Crippen LogP contribution in [0.5, 0.6) is 0 Å². The maximum atomic E-state index is 13.0. The van der Waals surface area contributed by atoms with Crippen LogP contribution < -0.4 is 0 Å². The fourth-order valence-corrected chi connectivity index (χ4v) is 18.8. The number of carbonyl (C=O) groups is 1. The first-order valence-corrected chi connectivity index (χ1v) is 16.1. The Kier molecular flexibility index (Phi) is 7.51. The van der Waals surface area contributed by atoms with E-state index in [1.165, 1.54) is 96.3 Å². The molecule has 0 radical (unpaired) electrons. The van der Waals surface area contributed by atoms with Gasteiger partial charge >= 0.3 is 169 Å². The molecule has 0 atom stereocenters. The van der Waals surface area contributed by atoms with Crippen molar-refractivity contribution in [2.45, 2.75) is 120 Å². The summed E-state index contributed by atoms with van der Waals surface area (Å²) < 4.78 is 5.60. The summed E-state index contributed by atoms with van der Waals surface area (Å²) in [7, 11) is 0. The molecule has 0 aromatic rings. The average Bonchev–Trinajstić information content (AvgIpc) is 2.70. The van der Waals surface area contributed by atoms with Crippen LogP contribution in [0.1, 0.15) is 103 Å². The standard InChI is InChI=1S/C22H40BrO2P/c1-2-25-22(24)18-26(23,19-12-6-3-7-13-19,20-14-8-4-9-15-20)21-16-10-5-11-17-21/h19-21H,2-18H2,1H3. The van der Waals surface area contributed by atoms with Gasteiger partial charge < -0.3 is 0 Å². The Morgan fingerprint density at radius 3 is 1.42 bits per heavy atom. The van der Waals surface area contributed by atoms with Gasteiger partial charge in [0, 0.05) is 0 Å². The van der Waals surface area contributed by atoms with Crippen molar-refractivity contribution in [2.75, 3.05) is 12.8 Å². The van der Waals surface area contributed by atoms with Crippen LogP contribution in [0.15, 0.2) is 0 Å². The first kappa shape index (κ1) is 21.1. The van der Waals surface area contributed by atoms with E-state index in [9.17, 15) is 4.79 Å². The zero-order chi connectivity index (χ0) is 18.5. The van der Waals surface area contributed by atoms with Gasteiger partial charge in [-0.15, -0.1) is 0 Å². The number of hydrogen-bond donors (Lipinski definition) is 0. The number of esters is 1. The molecule has 0 saturated heterocycles. The zero-order valence-corrected chi connectivity index (χ0v) is 19.4. The molecule has 0 aromatic carbocycles. The topological polar surface area (TPSA) is 26.3 Å². The van der Waals surface area contributed by atoms with Crippen LogP contribution in [-0.4, -0.2) is 35.7 Å². The fourth-order valence-electron chi connectivity index (χ4n) is 6.74. The Balaban J connectivity index is 2.02. The van der Waals surface area contributed by atoms with E-state index in [0.717, 1.165) is 23.1 Å². The second-order valence-electron chi connectivity index (χ2n) is 9.25. The molecule has 0 spiro atoms. The van der Waals surface area contributed by atoms with Gasteiger partial charge in [0.2, 0.25) is 0 Å². The number of ether oxygens (including phenoxy) is 1. The molecule has 3 rings (SSSR count). The van der Waals surface area contributed by atoms with Crippen molar-refractivity contribution in [3.8, 4) is 0 Å². The third-order valence-corrected chi connectivity index (χ3v) is 21.3. The van der Waals surface area contributed by atoms with Crippen molar-refractivity contribution in [1.29, 1.82) is 0 Å². The van der Waals surface area contributed by atoms with Gasteiger partial charge in [0.05, 0.1) is 0 Å². The predicted molar refractivity (Wildman–Crippen MR) is 118 cm³/mol. The molecule has 3 aliphatic carbocycles. The Labute approximate surface area is 169 Å². The van der Waals surface area contributed by atoms with Crippen LogP contribution in [-0.2, 0) is 9.53 Å². The summed E-state index contributed by atoms with van der Waals surface area (Å²) in [5.74, 6) is 0.101. The van der Waals surface area contributed by atoms with Gasteiger partial charge in [-0.2, -0.15) is 0 Å². The first-order chi connectivity index (χ1) is 12.6. The second-order valence-corrected chi connectivity index (χ2v) is 19.8. The molecule has 0 heterocycles. The minimum atomic E-state index is -2.37. The van der Waals surface area contributed by atoms with Crippen LogP contribution >= 0.6 is 20.8 Å². The van der Waals surface area contributed by atoms with Crippen LogP contribution in [0.4, 0.5) is 0 Å². The third-order valence-electron chi connectivity index (χ3n) is 7.95. The first-order valence-electron chi connectivity index (χ1n) is 11.5. The predicted octanol–water partition coefficient (Wildman–Crippen LogP) is 7.41. The van der Waals surface area contributed by atoms with Crippen LogP contribution in [0.3, 0.4) is 0 Å². The molecular weight excluding hydrogens is 407 g/mol. The number of carbonyl (C=O) groups excluding carboxylic acids is 1. The molecule has 3 saturated carbocycles. The Bertz CT molecular complexity index is 414. The minimum absolute atomic E-state index is 0.101. The molecule has 0 amide bonds. The summed E-state index contributed by atoms with van der Waals surface area (Å²) in [5, 5.41) is -2.37. The normalized spacial score (nSPS) is 26.2. The van der Waals surface area contributed by atoms with Crippen molar-refractivity contribution in [2.24, 2.45) is 0 Å². The van der Waals surface area contributed by atoms with E-state index in [0.29, 0.717) is 6.61 Å². The molecule has 3 fully saturated rings. The van der Waals surface area contributed by atoms with Crippen LogP contribution in [0.25, 0.3) is 0 Å². The zero-order valence-electron chi connectivity index (χ0n) is 16.9. The Morgan fingerprint density at radius 2 is 1.12 bits per heavy atom. The van der Waals surface area contributed by atoms with Gasteiger partial charge in [-0.3, -0.25) is 0 Å². The average molecular weight is 447 g/mol. The maximum absolute atomic E-state index is 13.0. The summed E-state index contributed by atoms with van der Waals surface area (Å²) in [5.41, 5.74) is 2.31. The van der Waals surface area contributed by atoms with Crippen LogP contribution in [0.2, 0.25) is 0 Å². The van der Waals surface area contributed by atoms with E-state index in [-0.39, 0.29) is 5.97 Å².